The van der Waals surface area contributed by atoms with Crippen molar-refractivity contribution in [2.75, 3.05) is 6.61 Å². The second kappa shape index (κ2) is 7.18. The van der Waals surface area contributed by atoms with E-state index in [1.807, 2.05) is 48.7 Å². The highest BCUT2D eigenvalue weighted by Gasteiger charge is 2.50. The van der Waals surface area contributed by atoms with E-state index in [0.717, 1.165) is 11.1 Å². The third kappa shape index (κ3) is 3.44. The van der Waals surface area contributed by atoms with Crippen molar-refractivity contribution >= 4 is 22.8 Å². The Morgan fingerprint density at radius 3 is 2.76 bits per heavy atom. The maximum absolute atomic E-state index is 6.34. The summed E-state index contributed by atoms with van der Waals surface area (Å²) in [7, 11) is 0. The van der Waals surface area contributed by atoms with Gasteiger partial charge in [-0.15, -0.1) is 0 Å². The zero-order valence-electron chi connectivity index (χ0n) is 16.2. The van der Waals surface area contributed by atoms with Crippen molar-refractivity contribution in [3.63, 3.8) is 0 Å². The molecule has 29 heavy (non-hydrogen) atoms. The van der Waals surface area contributed by atoms with E-state index in [9.17, 15) is 0 Å². The average Bonchev–Trinajstić information content (AvgIpc) is 3.35. The first-order chi connectivity index (χ1) is 14.0. The third-order valence-electron chi connectivity index (χ3n) is 5.24. The molecule has 1 aliphatic heterocycles. The van der Waals surface area contributed by atoms with Crippen molar-refractivity contribution in [2.24, 2.45) is 0 Å². The normalized spacial score (nSPS) is 25.3. The van der Waals surface area contributed by atoms with Crippen LogP contribution >= 0.6 is 11.6 Å². The average molecular weight is 413 g/mol. The summed E-state index contributed by atoms with van der Waals surface area (Å²) in [4.78, 5) is 12.7. The molecule has 1 saturated heterocycles. The Morgan fingerprint density at radius 1 is 1.10 bits per heavy atom. The molecule has 0 radical (unpaired) electrons. The zero-order valence-corrected chi connectivity index (χ0v) is 16.9. The van der Waals surface area contributed by atoms with Gasteiger partial charge in [-0.25, -0.2) is 15.0 Å². The molecule has 3 heterocycles. The first-order valence-electron chi connectivity index (χ1n) is 9.53. The molecule has 2 aliphatic rings. The highest BCUT2D eigenvalue weighted by molar-refractivity contribution is 6.33. The maximum Gasteiger partial charge on any atom is 0.182 e. The van der Waals surface area contributed by atoms with Crippen molar-refractivity contribution in [3.8, 4) is 0 Å². The van der Waals surface area contributed by atoms with Crippen molar-refractivity contribution < 1.29 is 14.2 Å². The number of fused-ring (bicyclic) bond motifs is 2. The molecule has 1 aliphatic carbocycles. The SMILES string of the molecule is CC1(C)O[C@@H]2[C@H](O1)C(COCc1ccccc1)=C[C@H]2n1cnc2ncnc(Cl)c21. The minimum atomic E-state index is -0.677. The molecule has 0 amide bonds. The van der Waals surface area contributed by atoms with Gasteiger partial charge in [-0.2, -0.15) is 0 Å². The quantitative estimate of drug-likeness (QED) is 0.470. The number of ether oxygens (including phenoxy) is 3. The Morgan fingerprint density at radius 2 is 1.93 bits per heavy atom. The fourth-order valence-electron chi connectivity index (χ4n) is 4.03. The van der Waals surface area contributed by atoms with Gasteiger partial charge in [0, 0.05) is 0 Å². The van der Waals surface area contributed by atoms with Crippen LogP contribution in [0.25, 0.3) is 11.2 Å². The topological polar surface area (TPSA) is 71.3 Å². The fraction of sp³-hybridized carbons (Fsp3) is 0.381. The van der Waals surface area contributed by atoms with Gasteiger partial charge < -0.3 is 18.8 Å². The molecule has 0 bridgehead atoms. The lowest BCUT2D eigenvalue weighted by Crippen LogP contribution is -2.28. The van der Waals surface area contributed by atoms with Gasteiger partial charge in [0.2, 0.25) is 0 Å². The standard InChI is InChI=1S/C21H21ClN4O3/c1-21(2)28-17-14(10-27-9-13-6-4-3-5-7-13)8-15(18(17)29-21)26-12-25-20-16(26)19(22)23-11-24-20/h3-8,11-12,15,17-18H,9-10H2,1-2H3/t15-,17-,18+/m1/s1. The Labute approximate surface area is 173 Å². The van der Waals surface area contributed by atoms with Crippen LogP contribution in [-0.2, 0) is 20.8 Å². The van der Waals surface area contributed by atoms with Crippen LogP contribution in [0.15, 0.2) is 54.6 Å². The van der Waals surface area contributed by atoms with Gasteiger partial charge in [0.15, 0.2) is 16.6 Å². The lowest BCUT2D eigenvalue weighted by molar-refractivity contribution is -0.148. The van der Waals surface area contributed by atoms with Gasteiger partial charge in [0.1, 0.15) is 24.1 Å². The second-order valence-electron chi connectivity index (χ2n) is 7.72. The maximum atomic E-state index is 6.34. The van der Waals surface area contributed by atoms with E-state index in [4.69, 9.17) is 25.8 Å². The summed E-state index contributed by atoms with van der Waals surface area (Å²) in [6.07, 6.45) is 4.88. The molecule has 0 unspecified atom stereocenters. The fourth-order valence-corrected chi connectivity index (χ4v) is 4.26. The summed E-state index contributed by atoms with van der Waals surface area (Å²) in [6, 6.07) is 9.97. The number of hydrogen-bond acceptors (Lipinski definition) is 6. The van der Waals surface area contributed by atoms with Gasteiger partial charge in [-0.1, -0.05) is 48.0 Å². The number of aromatic nitrogens is 4. The smallest absolute Gasteiger partial charge is 0.182 e. The van der Waals surface area contributed by atoms with E-state index in [1.165, 1.54) is 6.33 Å². The van der Waals surface area contributed by atoms with Gasteiger partial charge in [-0.3, -0.25) is 0 Å². The molecule has 1 aromatic carbocycles. The van der Waals surface area contributed by atoms with Gasteiger partial charge in [-0.05, 0) is 25.0 Å². The highest BCUT2D eigenvalue weighted by Crippen LogP contribution is 2.44. The molecule has 8 heteroatoms. The van der Waals surface area contributed by atoms with E-state index < -0.39 is 5.79 Å². The van der Waals surface area contributed by atoms with E-state index in [2.05, 4.69) is 21.0 Å². The molecule has 3 aromatic rings. The Bertz CT molecular complexity index is 1070. The number of benzene rings is 1. The predicted octanol–water partition coefficient (Wildman–Crippen LogP) is 3.70. The van der Waals surface area contributed by atoms with Crippen LogP contribution in [0.2, 0.25) is 5.15 Å². The van der Waals surface area contributed by atoms with Crippen LogP contribution in [0, 0.1) is 0 Å². The predicted molar refractivity (Wildman–Crippen MR) is 107 cm³/mol. The van der Waals surface area contributed by atoms with Crippen LogP contribution in [-0.4, -0.2) is 44.1 Å². The molecule has 3 atom stereocenters. The van der Waals surface area contributed by atoms with Gasteiger partial charge in [0.25, 0.3) is 0 Å². The number of halogens is 1. The van der Waals surface area contributed by atoms with Crippen LogP contribution in [0.3, 0.4) is 0 Å². The third-order valence-corrected chi connectivity index (χ3v) is 5.51. The number of rotatable bonds is 5. The lowest BCUT2D eigenvalue weighted by Gasteiger charge is -2.22. The molecule has 0 N–H and O–H groups in total. The molecule has 0 spiro atoms. The van der Waals surface area contributed by atoms with Crippen molar-refractivity contribution in [1.29, 1.82) is 0 Å². The number of hydrogen-bond donors (Lipinski definition) is 0. The van der Waals surface area contributed by atoms with Gasteiger partial charge in [0.05, 0.1) is 25.6 Å². The second-order valence-corrected chi connectivity index (χ2v) is 8.08. The van der Waals surface area contributed by atoms with Crippen molar-refractivity contribution in [1.82, 2.24) is 19.5 Å². The Balaban J connectivity index is 1.43. The van der Waals surface area contributed by atoms with Crippen LogP contribution in [0.1, 0.15) is 25.5 Å². The van der Waals surface area contributed by atoms with E-state index >= 15 is 0 Å². The van der Waals surface area contributed by atoms with E-state index in [0.29, 0.717) is 29.5 Å². The molecular weight excluding hydrogens is 392 g/mol. The first-order valence-corrected chi connectivity index (χ1v) is 9.90. The monoisotopic (exact) mass is 412 g/mol. The van der Waals surface area contributed by atoms with Crippen LogP contribution < -0.4 is 0 Å². The molecule has 7 nitrogen and oxygen atoms in total. The molecule has 5 rings (SSSR count). The summed E-state index contributed by atoms with van der Waals surface area (Å²) < 4.78 is 20.4. The minimum absolute atomic E-state index is 0.134. The summed E-state index contributed by atoms with van der Waals surface area (Å²) in [5.41, 5.74) is 3.43. The first kappa shape index (κ1) is 18.7. The van der Waals surface area contributed by atoms with Crippen molar-refractivity contribution in [2.45, 2.75) is 44.5 Å². The van der Waals surface area contributed by atoms with E-state index in [-0.39, 0.29) is 18.2 Å². The molecule has 0 saturated carbocycles. The van der Waals surface area contributed by atoms with E-state index in [1.54, 1.807) is 6.33 Å². The molecular formula is C21H21ClN4O3. The summed E-state index contributed by atoms with van der Waals surface area (Å²) in [5, 5.41) is 0.365. The Hall–Kier alpha value is -2.32. The van der Waals surface area contributed by atoms with Crippen molar-refractivity contribution in [3.05, 3.63) is 65.4 Å². The highest BCUT2D eigenvalue weighted by atomic mass is 35.5. The number of imidazole rings is 1. The number of nitrogens with zero attached hydrogens (tertiary/aromatic N) is 4. The minimum Gasteiger partial charge on any atom is -0.372 e. The molecule has 1 fully saturated rings. The zero-order chi connectivity index (χ0) is 20.0. The largest absolute Gasteiger partial charge is 0.372 e. The Kier molecular flexibility index (Phi) is 4.63. The molecule has 150 valence electrons. The van der Waals surface area contributed by atoms with Crippen LogP contribution in [0.5, 0.6) is 0 Å². The summed E-state index contributed by atoms with van der Waals surface area (Å²) >= 11 is 6.34. The molecule has 2 aromatic heterocycles. The lowest BCUT2D eigenvalue weighted by atomic mass is 10.1. The summed E-state index contributed by atoms with van der Waals surface area (Å²) in [6.45, 7) is 4.85. The van der Waals surface area contributed by atoms with Gasteiger partial charge >= 0.3 is 0 Å². The van der Waals surface area contributed by atoms with Crippen LogP contribution in [0.4, 0.5) is 0 Å². The summed E-state index contributed by atoms with van der Waals surface area (Å²) in [5.74, 6) is -0.677.